The van der Waals surface area contributed by atoms with E-state index in [9.17, 15) is 18.4 Å². The van der Waals surface area contributed by atoms with Crippen LogP contribution in [0, 0.1) is 11.6 Å². The number of nitrogens with one attached hydrogen (secondary N) is 2. The Labute approximate surface area is 182 Å². The van der Waals surface area contributed by atoms with Crippen molar-refractivity contribution in [3.63, 3.8) is 0 Å². The quantitative estimate of drug-likeness (QED) is 0.476. The van der Waals surface area contributed by atoms with Crippen LogP contribution in [-0.4, -0.2) is 27.9 Å². The number of aryl methyl sites for hydroxylation is 1. The van der Waals surface area contributed by atoms with Gasteiger partial charge in [0.15, 0.2) is 0 Å². The lowest BCUT2D eigenvalue weighted by atomic mass is 10.2. The summed E-state index contributed by atoms with van der Waals surface area (Å²) in [5.74, 6) is -1.91. The van der Waals surface area contributed by atoms with Crippen molar-refractivity contribution in [2.45, 2.75) is 6.42 Å². The van der Waals surface area contributed by atoms with Crippen molar-refractivity contribution in [1.82, 2.24) is 14.9 Å². The monoisotopic (exact) mass is 434 g/mol. The molecule has 3 aromatic carbocycles. The molecule has 0 fully saturated rings. The SMILES string of the molecule is Cn1c(-c2ccc(NC(=O)CCNC(=O)c3ccc(F)cc3F)cc2)nc2ccccc21. The van der Waals surface area contributed by atoms with Gasteiger partial charge in [0.25, 0.3) is 5.91 Å². The number of para-hydroxylation sites is 2. The van der Waals surface area contributed by atoms with Crippen LogP contribution in [0.2, 0.25) is 0 Å². The number of nitrogens with zero attached hydrogens (tertiary/aromatic N) is 2. The van der Waals surface area contributed by atoms with Gasteiger partial charge in [0.05, 0.1) is 16.6 Å². The van der Waals surface area contributed by atoms with Crippen LogP contribution in [0.1, 0.15) is 16.8 Å². The Balaban J connectivity index is 1.33. The molecule has 0 unspecified atom stereocenters. The molecule has 0 saturated carbocycles. The summed E-state index contributed by atoms with van der Waals surface area (Å²) in [5.41, 5.74) is 3.18. The normalized spacial score (nSPS) is 10.8. The molecule has 32 heavy (non-hydrogen) atoms. The summed E-state index contributed by atoms with van der Waals surface area (Å²) in [7, 11) is 1.95. The summed E-state index contributed by atoms with van der Waals surface area (Å²) in [4.78, 5) is 28.8. The molecular formula is C24H20F2N4O2. The van der Waals surface area contributed by atoms with Gasteiger partial charge in [0.2, 0.25) is 5.91 Å². The van der Waals surface area contributed by atoms with Crippen molar-refractivity contribution in [1.29, 1.82) is 0 Å². The van der Waals surface area contributed by atoms with E-state index in [-0.39, 0.29) is 24.4 Å². The summed E-state index contributed by atoms with van der Waals surface area (Å²) >= 11 is 0. The molecule has 4 aromatic rings. The maximum atomic E-state index is 13.6. The summed E-state index contributed by atoms with van der Waals surface area (Å²) in [6, 6.07) is 17.9. The molecule has 162 valence electrons. The molecule has 0 bridgehead atoms. The van der Waals surface area contributed by atoms with Gasteiger partial charge >= 0.3 is 0 Å². The number of amides is 2. The molecule has 1 heterocycles. The number of hydrogen-bond acceptors (Lipinski definition) is 3. The zero-order chi connectivity index (χ0) is 22.7. The van der Waals surface area contributed by atoms with Gasteiger partial charge in [-0.3, -0.25) is 9.59 Å². The largest absolute Gasteiger partial charge is 0.351 e. The molecular weight excluding hydrogens is 414 g/mol. The minimum Gasteiger partial charge on any atom is -0.351 e. The van der Waals surface area contributed by atoms with Gasteiger partial charge in [-0.1, -0.05) is 12.1 Å². The maximum Gasteiger partial charge on any atom is 0.254 e. The Kier molecular flexibility index (Phi) is 5.93. The molecule has 4 rings (SSSR count). The minimum atomic E-state index is -0.951. The number of carbonyl (C=O) groups is 2. The third-order valence-electron chi connectivity index (χ3n) is 5.03. The number of hydrogen-bond donors (Lipinski definition) is 2. The lowest BCUT2D eigenvalue weighted by Gasteiger charge is -2.08. The summed E-state index contributed by atoms with van der Waals surface area (Å²) in [6.45, 7) is 0.0133. The number of halogens is 2. The van der Waals surface area contributed by atoms with Crippen LogP contribution in [0.4, 0.5) is 14.5 Å². The Bertz CT molecular complexity index is 1300. The average Bonchev–Trinajstić information content (AvgIpc) is 3.11. The lowest BCUT2D eigenvalue weighted by molar-refractivity contribution is -0.116. The number of anilines is 1. The van der Waals surface area contributed by atoms with E-state index in [2.05, 4.69) is 15.6 Å². The Morgan fingerprint density at radius 1 is 1.00 bits per heavy atom. The lowest BCUT2D eigenvalue weighted by Crippen LogP contribution is -2.28. The first-order chi connectivity index (χ1) is 15.4. The van der Waals surface area contributed by atoms with E-state index in [4.69, 9.17) is 0 Å². The summed E-state index contributed by atoms with van der Waals surface area (Å²) in [5, 5.41) is 5.21. The van der Waals surface area contributed by atoms with Gasteiger partial charge in [-0.2, -0.15) is 0 Å². The fraction of sp³-hybridized carbons (Fsp3) is 0.125. The molecule has 0 radical (unpaired) electrons. The Hall–Kier alpha value is -4.07. The number of imidazole rings is 1. The fourth-order valence-electron chi connectivity index (χ4n) is 3.39. The average molecular weight is 434 g/mol. The van der Waals surface area contributed by atoms with E-state index in [0.29, 0.717) is 11.8 Å². The van der Waals surface area contributed by atoms with Crippen LogP contribution in [0.5, 0.6) is 0 Å². The standard InChI is InChI=1S/C24H20F2N4O2/c1-30-21-5-3-2-4-20(21)29-23(30)15-6-9-17(10-7-15)28-22(31)12-13-27-24(32)18-11-8-16(25)14-19(18)26/h2-11,14H,12-13H2,1H3,(H,27,32)(H,28,31). The molecule has 2 amide bonds. The van der Waals surface area contributed by atoms with E-state index < -0.39 is 17.5 Å². The Morgan fingerprint density at radius 3 is 2.47 bits per heavy atom. The fourth-order valence-corrected chi connectivity index (χ4v) is 3.39. The second kappa shape index (κ2) is 8.97. The molecule has 0 spiro atoms. The third-order valence-corrected chi connectivity index (χ3v) is 5.03. The zero-order valence-corrected chi connectivity index (χ0v) is 17.2. The number of carbonyl (C=O) groups excluding carboxylic acids is 2. The zero-order valence-electron chi connectivity index (χ0n) is 17.2. The highest BCUT2D eigenvalue weighted by Gasteiger charge is 2.13. The second-order valence-electron chi connectivity index (χ2n) is 7.24. The molecule has 2 N–H and O–H groups in total. The molecule has 6 nitrogen and oxygen atoms in total. The number of aromatic nitrogens is 2. The van der Waals surface area contributed by atoms with Gasteiger partial charge in [-0.25, -0.2) is 13.8 Å². The van der Waals surface area contributed by atoms with E-state index in [1.807, 2.05) is 48.0 Å². The number of benzene rings is 3. The summed E-state index contributed by atoms with van der Waals surface area (Å²) < 4.78 is 28.6. The van der Waals surface area contributed by atoms with E-state index in [0.717, 1.165) is 34.6 Å². The van der Waals surface area contributed by atoms with Crippen LogP contribution in [0.25, 0.3) is 22.4 Å². The first-order valence-corrected chi connectivity index (χ1v) is 9.97. The highest BCUT2D eigenvalue weighted by molar-refractivity contribution is 5.95. The van der Waals surface area contributed by atoms with Crippen LogP contribution in [-0.2, 0) is 11.8 Å². The summed E-state index contributed by atoms with van der Waals surface area (Å²) in [6.07, 6.45) is 0.00105. The van der Waals surface area contributed by atoms with Crippen LogP contribution < -0.4 is 10.6 Å². The smallest absolute Gasteiger partial charge is 0.254 e. The molecule has 8 heteroatoms. The van der Waals surface area contributed by atoms with E-state index in [1.54, 1.807) is 12.1 Å². The van der Waals surface area contributed by atoms with Crippen molar-refractivity contribution in [3.05, 3.63) is 83.9 Å². The second-order valence-corrected chi connectivity index (χ2v) is 7.24. The maximum absolute atomic E-state index is 13.6. The van der Waals surface area contributed by atoms with Crippen molar-refractivity contribution in [2.24, 2.45) is 7.05 Å². The van der Waals surface area contributed by atoms with Gasteiger partial charge in [0.1, 0.15) is 17.5 Å². The number of rotatable bonds is 6. The topological polar surface area (TPSA) is 76.0 Å². The van der Waals surface area contributed by atoms with E-state index >= 15 is 0 Å². The highest BCUT2D eigenvalue weighted by Crippen LogP contribution is 2.24. The van der Waals surface area contributed by atoms with Crippen molar-refractivity contribution in [2.75, 3.05) is 11.9 Å². The first-order valence-electron chi connectivity index (χ1n) is 9.97. The van der Waals surface area contributed by atoms with Gasteiger partial charge in [-0.15, -0.1) is 0 Å². The van der Waals surface area contributed by atoms with Crippen molar-refractivity contribution in [3.8, 4) is 11.4 Å². The molecule has 0 aliphatic heterocycles. The van der Waals surface area contributed by atoms with Crippen LogP contribution in [0.3, 0.4) is 0 Å². The molecule has 1 aromatic heterocycles. The molecule has 0 aliphatic rings. The molecule has 0 saturated heterocycles. The van der Waals surface area contributed by atoms with Crippen LogP contribution in [0.15, 0.2) is 66.7 Å². The van der Waals surface area contributed by atoms with Crippen LogP contribution >= 0.6 is 0 Å². The predicted octanol–water partition coefficient (Wildman–Crippen LogP) is 4.28. The third kappa shape index (κ3) is 4.49. The van der Waals surface area contributed by atoms with Crippen molar-refractivity contribution >= 4 is 28.5 Å². The molecule has 0 aliphatic carbocycles. The van der Waals surface area contributed by atoms with Gasteiger partial charge < -0.3 is 15.2 Å². The first kappa shape index (κ1) is 21.2. The van der Waals surface area contributed by atoms with Gasteiger partial charge in [0, 0.05) is 37.3 Å². The van der Waals surface area contributed by atoms with E-state index in [1.165, 1.54) is 0 Å². The minimum absolute atomic E-state index is 0.00105. The van der Waals surface area contributed by atoms with Crippen molar-refractivity contribution < 1.29 is 18.4 Å². The molecule has 0 atom stereocenters. The Morgan fingerprint density at radius 2 is 1.75 bits per heavy atom. The highest BCUT2D eigenvalue weighted by atomic mass is 19.1. The van der Waals surface area contributed by atoms with Gasteiger partial charge in [-0.05, 0) is 48.5 Å². The number of fused-ring (bicyclic) bond motifs is 1. The predicted molar refractivity (Wildman–Crippen MR) is 118 cm³/mol.